The number of hydrogen-bond donors (Lipinski definition) is 0. The van der Waals surface area contributed by atoms with Crippen LogP contribution in [0.5, 0.6) is 0 Å². The molecule has 0 spiro atoms. The molecule has 140 valence electrons. The van der Waals surface area contributed by atoms with Crippen LogP contribution in [0.15, 0.2) is 42.5 Å². The fraction of sp³-hybridized carbons (Fsp3) is 0.423. The number of fused-ring (bicyclic) bond motifs is 1. The third kappa shape index (κ3) is 3.29. The summed E-state index contributed by atoms with van der Waals surface area (Å²) < 4.78 is 27.7. The minimum atomic E-state index is -0.698. The molecular weight excluding hydrogens is 326 g/mol. The van der Waals surface area contributed by atoms with Crippen molar-refractivity contribution >= 4 is 10.8 Å². The highest BCUT2D eigenvalue weighted by Crippen LogP contribution is 2.37. The summed E-state index contributed by atoms with van der Waals surface area (Å²) in [5.41, 5.74) is 6.62. The predicted octanol–water partition coefficient (Wildman–Crippen LogP) is 6.73. The molecule has 1 aliphatic rings. The van der Waals surface area contributed by atoms with Crippen molar-refractivity contribution in [1.29, 1.82) is 0 Å². The molecule has 0 radical (unpaired) electrons. The third-order valence-corrected chi connectivity index (χ3v) is 6.32. The van der Waals surface area contributed by atoms with Crippen LogP contribution >= 0.6 is 0 Å². The summed E-state index contributed by atoms with van der Waals surface area (Å²) in [6.07, 6.45) is 5.23. The number of benzene rings is 2. The van der Waals surface area contributed by atoms with Gasteiger partial charge in [-0.25, -0.2) is 4.57 Å². The number of nitrogens with zero attached hydrogens (tertiary/aromatic N) is 1. The van der Waals surface area contributed by atoms with E-state index in [1.54, 1.807) is 0 Å². The van der Waals surface area contributed by atoms with Gasteiger partial charge in [-0.2, -0.15) is 0 Å². The van der Waals surface area contributed by atoms with Crippen LogP contribution < -0.4 is 4.57 Å². The summed E-state index contributed by atoms with van der Waals surface area (Å²) in [4.78, 5) is 0. The Kier molecular flexibility index (Phi) is 3.91. The first-order valence-corrected chi connectivity index (χ1v) is 10.1. The first kappa shape index (κ1) is 14.9. The molecule has 2 aromatic carbocycles. The molecule has 0 aliphatic heterocycles. The molecule has 3 aromatic rings. The molecule has 1 heterocycles. The van der Waals surface area contributed by atoms with Gasteiger partial charge in [-0.15, -0.1) is 0 Å². The van der Waals surface area contributed by atoms with Crippen LogP contribution in [0.25, 0.3) is 22.0 Å². The van der Waals surface area contributed by atoms with E-state index in [1.165, 1.54) is 31.2 Å². The number of pyridine rings is 1. The van der Waals surface area contributed by atoms with Crippen LogP contribution in [-0.4, -0.2) is 0 Å². The summed E-state index contributed by atoms with van der Waals surface area (Å²) in [5, 5.41) is 1.88. The maximum Gasteiger partial charge on any atom is 0.220 e. The molecule has 1 fully saturated rings. The van der Waals surface area contributed by atoms with Gasteiger partial charge in [0.2, 0.25) is 5.69 Å². The van der Waals surface area contributed by atoms with Crippen molar-refractivity contribution in [3.05, 3.63) is 64.8 Å². The first-order chi connectivity index (χ1) is 14.1. The lowest BCUT2D eigenvalue weighted by atomic mass is 9.89. The molecule has 0 amide bonds. The maximum absolute atomic E-state index is 8.65. The Morgan fingerprint density at radius 1 is 1.11 bits per heavy atom. The quantitative estimate of drug-likeness (QED) is 0.455. The second-order valence-corrected chi connectivity index (χ2v) is 8.40. The van der Waals surface area contributed by atoms with Crippen LogP contribution in [0.1, 0.15) is 77.7 Å². The van der Waals surface area contributed by atoms with E-state index in [0.717, 1.165) is 38.7 Å². The van der Waals surface area contributed by atoms with Gasteiger partial charge in [0.1, 0.15) is 8.42 Å². The Morgan fingerprint density at radius 2 is 1.85 bits per heavy atom. The lowest BCUT2D eigenvalue weighted by Gasteiger charge is -2.15. The van der Waals surface area contributed by atoms with Gasteiger partial charge in [-0.1, -0.05) is 44.9 Å². The Balaban J connectivity index is 2.03. The zero-order valence-corrected chi connectivity index (χ0v) is 17.2. The van der Waals surface area contributed by atoms with E-state index >= 15 is 0 Å². The Morgan fingerprint density at radius 3 is 2.56 bits per heavy atom. The van der Waals surface area contributed by atoms with Gasteiger partial charge in [0.15, 0.2) is 6.17 Å². The Bertz CT molecular complexity index is 1140. The summed E-state index contributed by atoms with van der Waals surface area (Å²) in [6, 6.07) is 11.1. The zero-order chi connectivity index (χ0) is 21.8. The molecule has 4 rings (SSSR count). The molecule has 1 aliphatic carbocycles. The molecule has 0 unspecified atom stereocenters. The fourth-order valence-corrected chi connectivity index (χ4v) is 4.49. The van der Waals surface area contributed by atoms with Crippen molar-refractivity contribution in [2.24, 2.45) is 7.05 Å². The van der Waals surface area contributed by atoms with Crippen LogP contribution in [0.2, 0.25) is 0 Å². The van der Waals surface area contributed by atoms with Gasteiger partial charge in [0.25, 0.3) is 0 Å². The van der Waals surface area contributed by atoms with Gasteiger partial charge in [0.05, 0.1) is 12.3 Å². The summed E-state index contributed by atoms with van der Waals surface area (Å²) >= 11 is 0. The van der Waals surface area contributed by atoms with Crippen molar-refractivity contribution in [2.45, 2.75) is 65.2 Å². The molecule has 1 aromatic heterocycles. The average molecular weight is 362 g/mol. The molecule has 1 heteroatoms. The highest BCUT2D eigenvalue weighted by atomic mass is 14.9. The second-order valence-electron chi connectivity index (χ2n) is 8.40. The Hall–Kier alpha value is -2.15. The van der Waals surface area contributed by atoms with Gasteiger partial charge >= 0.3 is 0 Å². The monoisotopic (exact) mass is 361 g/mol. The fourth-order valence-electron chi connectivity index (χ4n) is 4.49. The van der Waals surface area contributed by atoms with Crippen LogP contribution in [-0.2, 0) is 7.05 Å². The molecule has 0 atom stereocenters. The topological polar surface area (TPSA) is 3.88 Å². The van der Waals surface area contributed by atoms with Gasteiger partial charge in [-0.3, -0.25) is 0 Å². The molecule has 1 saturated carbocycles. The number of rotatable bonds is 3. The van der Waals surface area contributed by atoms with Gasteiger partial charge in [-0.05, 0) is 78.3 Å². The highest BCUT2D eigenvalue weighted by Gasteiger charge is 2.22. The van der Waals surface area contributed by atoms with E-state index in [0.29, 0.717) is 12.0 Å². The maximum atomic E-state index is 8.65. The van der Waals surface area contributed by atoms with Crippen molar-refractivity contribution in [3.63, 3.8) is 0 Å². The third-order valence-electron chi connectivity index (χ3n) is 6.32. The molecule has 27 heavy (non-hydrogen) atoms. The Labute approximate surface area is 168 Å². The summed E-state index contributed by atoms with van der Waals surface area (Å²) in [6.45, 7) is 8.03. The van der Waals surface area contributed by atoms with E-state index < -0.39 is 5.89 Å². The SMILES string of the molecule is [2H]c1c([2H])[n+](C)c(-c2cc(C([2H])(C)C)cc(C)c2C)c2ccc(C3CCCC3)cc12. The first-order valence-electron chi connectivity index (χ1n) is 11.6. The minimum Gasteiger partial charge on any atom is -0.200 e. The normalized spacial score (nSPS) is 17.1. The smallest absolute Gasteiger partial charge is 0.200 e. The van der Waals surface area contributed by atoms with Crippen molar-refractivity contribution in [2.75, 3.05) is 0 Å². The van der Waals surface area contributed by atoms with Gasteiger partial charge < -0.3 is 0 Å². The van der Waals surface area contributed by atoms with E-state index in [1.807, 2.05) is 25.5 Å². The molecular formula is C26H32N+. The zero-order valence-electron chi connectivity index (χ0n) is 20.2. The predicted molar refractivity (Wildman–Crippen MR) is 115 cm³/mol. The lowest BCUT2D eigenvalue weighted by Crippen LogP contribution is -2.31. The molecule has 0 bridgehead atoms. The largest absolute Gasteiger partial charge is 0.220 e. The van der Waals surface area contributed by atoms with E-state index in [2.05, 4.69) is 44.2 Å². The molecule has 1 nitrogen and oxygen atoms in total. The number of aryl methyl sites for hydroxylation is 1. The lowest BCUT2D eigenvalue weighted by molar-refractivity contribution is -0.659. The molecule has 0 saturated heterocycles. The second kappa shape index (κ2) is 7.11. The van der Waals surface area contributed by atoms with Crippen molar-refractivity contribution in [1.82, 2.24) is 0 Å². The van der Waals surface area contributed by atoms with E-state index in [-0.39, 0.29) is 6.17 Å². The summed E-state index contributed by atoms with van der Waals surface area (Å²) in [5.74, 6) is -0.118. The number of aromatic nitrogens is 1. The standard InChI is InChI=1S/C26H32N/c1-17(2)23-14-18(3)19(4)25(16-23)26-24-11-10-21(20-8-6-7-9-20)15-22(24)12-13-27(26)5/h10-17,20H,6-9H2,1-5H3/q+1/i12D,13D,17D. The van der Waals surface area contributed by atoms with Crippen molar-refractivity contribution < 1.29 is 8.68 Å². The van der Waals surface area contributed by atoms with Gasteiger partial charge in [0, 0.05) is 7.41 Å². The van der Waals surface area contributed by atoms with Crippen molar-refractivity contribution in [3.8, 4) is 11.3 Å². The molecule has 0 N–H and O–H groups in total. The number of hydrogen-bond acceptors (Lipinski definition) is 0. The van der Waals surface area contributed by atoms with Crippen LogP contribution in [0.4, 0.5) is 0 Å². The van der Waals surface area contributed by atoms with E-state index in [9.17, 15) is 0 Å². The highest BCUT2D eigenvalue weighted by molar-refractivity contribution is 5.94. The summed E-state index contributed by atoms with van der Waals surface area (Å²) in [7, 11) is 1.88. The average Bonchev–Trinajstić information content (AvgIpc) is 3.23. The van der Waals surface area contributed by atoms with Crippen LogP contribution in [0, 0.1) is 13.8 Å². The minimum absolute atomic E-state index is 0.230. The van der Waals surface area contributed by atoms with E-state index in [4.69, 9.17) is 4.11 Å². The van der Waals surface area contributed by atoms with Crippen LogP contribution in [0.3, 0.4) is 0 Å².